The maximum absolute atomic E-state index is 11.4. The maximum atomic E-state index is 11.4. The second-order valence-corrected chi connectivity index (χ2v) is 8.11. The highest BCUT2D eigenvalue weighted by Gasteiger charge is 2.55. The second-order valence-electron chi connectivity index (χ2n) is 3.37. The molecule has 1 saturated heterocycles. The zero-order chi connectivity index (χ0) is 13.6. The number of halogens is 6. The SMILES string of the molecule is C[C@@H]1C(=O)O[C@@H](C(Cl)(Cl)Cl)N1[C@H](O)C(Cl)(Cl)Cl. The molecule has 1 heterocycles. The van der Waals surface area contributed by atoms with Crippen LogP contribution in [0.1, 0.15) is 6.92 Å². The molecule has 10 heteroatoms. The van der Waals surface area contributed by atoms with E-state index >= 15 is 0 Å². The Balaban J connectivity index is 3.04. The second kappa shape index (κ2) is 5.25. The van der Waals surface area contributed by atoms with Gasteiger partial charge in [0.15, 0.2) is 6.23 Å². The number of rotatable bonds is 1. The summed E-state index contributed by atoms with van der Waals surface area (Å²) >= 11 is 33.5. The van der Waals surface area contributed by atoms with Gasteiger partial charge in [0.1, 0.15) is 6.04 Å². The molecule has 0 bridgehead atoms. The summed E-state index contributed by atoms with van der Waals surface area (Å²) in [6.07, 6.45) is -2.99. The van der Waals surface area contributed by atoms with Crippen LogP contribution in [0.25, 0.3) is 0 Å². The van der Waals surface area contributed by atoms with Crippen molar-refractivity contribution in [2.75, 3.05) is 0 Å². The average molecular weight is 366 g/mol. The molecular weight excluding hydrogens is 359 g/mol. The number of hydrogen-bond donors (Lipinski definition) is 1. The third-order valence-electron chi connectivity index (χ3n) is 2.14. The molecule has 1 fully saturated rings. The molecule has 1 N–H and O–H groups in total. The average Bonchev–Trinajstić information content (AvgIpc) is 2.40. The van der Waals surface area contributed by atoms with Crippen molar-refractivity contribution in [1.29, 1.82) is 0 Å². The number of nitrogens with zero attached hydrogens (tertiary/aromatic N) is 1. The predicted octanol–water partition coefficient (Wildman–Crippen LogP) is 2.62. The highest BCUT2D eigenvalue weighted by molar-refractivity contribution is 6.68. The van der Waals surface area contributed by atoms with E-state index in [2.05, 4.69) is 0 Å². The van der Waals surface area contributed by atoms with Gasteiger partial charge in [0, 0.05) is 0 Å². The van der Waals surface area contributed by atoms with Gasteiger partial charge in [-0.25, -0.2) is 4.90 Å². The summed E-state index contributed by atoms with van der Waals surface area (Å²) in [6.45, 7) is 1.43. The normalized spacial score (nSPS) is 29.3. The van der Waals surface area contributed by atoms with Gasteiger partial charge < -0.3 is 9.84 Å². The van der Waals surface area contributed by atoms with Crippen molar-refractivity contribution < 1.29 is 14.6 Å². The first-order chi connectivity index (χ1) is 7.46. The molecule has 3 atom stereocenters. The van der Waals surface area contributed by atoms with Gasteiger partial charge in [0.05, 0.1) is 0 Å². The Hall–Kier alpha value is 1.13. The Morgan fingerprint density at radius 3 is 2.12 bits per heavy atom. The van der Waals surface area contributed by atoms with Gasteiger partial charge in [-0.15, -0.1) is 0 Å². The maximum Gasteiger partial charge on any atom is 0.325 e. The monoisotopic (exact) mass is 363 g/mol. The molecule has 0 spiro atoms. The minimum atomic E-state index is -2.07. The number of aliphatic hydroxyl groups excluding tert-OH is 1. The van der Waals surface area contributed by atoms with Crippen molar-refractivity contribution in [1.82, 2.24) is 4.90 Å². The molecule has 0 saturated carbocycles. The summed E-state index contributed by atoms with van der Waals surface area (Å²) in [5.41, 5.74) is 0. The van der Waals surface area contributed by atoms with Crippen molar-refractivity contribution in [3.8, 4) is 0 Å². The topological polar surface area (TPSA) is 49.8 Å². The van der Waals surface area contributed by atoms with E-state index in [9.17, 15) is 9.90 Å². The quantitative estimate of drug-likeness (QED) is 0.573. The summed E-state index contributed by atoms with van der Waals surface area (Å²) < 4.78 is 0.774. The number of alkyl halides is 6. The van der Waals surface area contributed by atoms with Crippen molar-refractivity contribution >= 4 is 75.6 Å². The van der Waals surface area contributed by atoms with Crippen molar-refractivity contribution in [2.45, 2.75) is 33.0 Å². The minimum absolute atomic E-state index is 0.686. The van der Waals surface area contributed by atoms with Crippen LogP contribution in [0.5, 0.6) is 0 Å². The summed E-state index contributed by atoms with van der Waals surface area (Å²) in [7, 11) is 0. The van der Waals surface area contributed by atoms with Crippen molar-refractivity contribution in [3.05, 3.63) is 0 Å². The van der Waals surface area contributed by atoms with E-state index in [1.807, 2.05) is 0 Å². The van der Waals surface area contributed by atoms with E-state index in [0.29, 0.717) is 0 Å². The number of carbonyl (C=O) groups is 1. The van der Waals surface area contributed by atoms with E-state index in [1.165, 1.54) is 6.92 Å². The van der Waals surface area contributed by atoms with E-state index in [1.54, 1.807) is 0 Å². The smallest absolute Gasteiger partial charge is 0.325 e. The van der Waals surface area contributed by atoms with Gasteiger partial charge in [-0.05, 0) is 6.92 Å². The molecule has 0 aromatic rings. The number of cyclic esters (lactones) is 1. The van der Waals surface area contributed by atoms with Gasteiger partial charge in [0.2, 0.25) is 13.8 Å². The Morgan fingerprint density at radius 1 is 1.29 bits per heavy atom. The van der Waals surface area contributed by atoms with Gasteiger partial charge >= 0.3 is 5.97 Å². The van der Waals surface area contributed by atoms with E-state index in [4.69, 9.17) is 74.3 Å². The first-order valence-corrected chi connectivity index (χ1v) is 6.52. The lowest BCUT2D eigenvalue weighted by atomic mass is 10.3. The lowest BCUT2D eigenvalue weighted by Gasteiger charge is -2.35. The van der Waals surface area contributed by atoms with Crippen molar-refractivity contribution in [3.63, 3.8) is 0 Å². The predicted molar refractivity (Wildman–Crippen MR) is 67.8 cm³/mol. The van der Waals surface area contributed by atoms with Crippen LogP contribution in [-0.4, -0.2) is 42.1 Å². The highest BCUT2D eigenvalue weighted by Crippen LogP contribution is 2.43. The Labute approximate surface area is 128 Å². The van der Waals surface area contributed by atoms with Gasteiger partial charge in [-0.3, -0.25) is 4.79 Å². The van der Waals surface area contributed by atoms with Crippen LogP contribution in [0.4, 0.5) is 0 Å². The van der Waals surface area contributed by atoms with Crippen molar-refractivity contribution in [2.24, 2.45) is 0 Å². The summed E-state index contributed by atoms with van der Waals surface area (Å²) in [5, 5.41) is 9.83. The fourth-order valence-corrected chi connectivity index (χ4v) is 2.15. The molecule has 100 valence electrons. The van der Waals surface area contributed by atoms with Gasteiger partial charge in [0.25, 0.3) is 0 Å². The first kappa shape index (κ1) is 16.2. The minimum Gasteiger partial charge on any atom is -0.440 e. The largest absolute Gasteiger partial charge is 0.440 e. The highest BCUT2D eigenvalue weighted by atomic mass is 35.6. The molecule has 1 aliphatic heterocycles. The summed E-state index contributed by atoms with van der Waals surface area (Å²) in [5.74, 6) is -0.686. The third kappa shape index (κ3) is 3.57. The molecule has 17 heavy (non-hydrogen) atoms. The molecule has 0 unspecified atom stereocenters. The molecule has 0 aromatic heterocycles. The molecule has 0 amide bonds. The van der Waals surface area contributed by atoms with E-state index in [0.717, 1.165) is 4.90 Å². The lowest BCUT2D eigenvalue weighted by Crippen LogP contribution is -2.54. The molecule has 0 aromatic carbocycles. The van der Waals surface area contributed by atoms with E-state index < -0.39 is 32.1 Å². The van der Waals surface area contributed by atoms with Crippen LogP contribution < -0.4 is 0 Å². The zero-order valence-electron chi connectivity index (χ0n) is 8.21. The fourth-order valence-electron chi connectivity index (χ4n) is 1.34. The molecule has 0 aliphatic carbocycles. The standard InChI is InChI=1S/C7H7Cl6NO3/c1-2-3(15)17-5(7(11,12)13)14(2)4(16)6(8,9)10/h2,4-5,16H,1H3/t2-,4-,5+/m1/s1. The Bertz CT molecular complexity index is 314. The van der Waals surface area contributed by atoms with Gasteiger partial charge in [-0.2, -0.15) is 0 Å². The number of carbonyl (C=O) groups excluding carboxylic acids is 1. The number of ether oxygens (including phenoxy) is 1. The molecule has 0 radical (unpaired) electrons. The molecule has 1 rings (SSSR count). The van der Waals surface area contributed by atoms with Crippen LogP contribution >= 0.6 is 69.6 Å². The van der Waals surface area contributed by atoms with E-state index in [-0.39, 0.29) is 0 Å². The number of hydrogen-bond acceptors (Lipinski definition) is 4. The summed E-state index contributed by atoms with van der Waals surface area (Å²) in [6, 6.07) is -0.902. The molecular formula is C7H7Cl6NO3. The lowest BCUT2D eigenvalue weighted by molar-refractivity contribution is -0.142. The summed E-state index contributed by atoms with van der Waals surface area (Å²) in [4.78, 5) is 12.4. The Kier molecular flexibility index (Phi) is 5.00. The number of esters is 1. The number of aliphatic hydroxyl groups is 1. The Morgan fingerprint density at radius 2 is 1.76 bits per heavy atom. The van der Waals surface area contributed by atoms with Crippen LogP contribution in [0.2, 0.25) is 0 Å². The third-order valence-corrected chi connectivity index (χ3v) is 3.29. The van der Waals surface area contributed by atoms with Crippen LogP contribution in [-0.2, 0) is 9.53 Å². The zero-order valence-corrected chi connectivity index (χ0v) is 12.7. The molecule has 4 nitrogen and oxygen atoms in total. The van der Waals surface area contributed by atoms with Crippen LogP contribution in [0.15, 0.2) is 0 Å². The first-order valence-electron chi connectivity index (χ1n) is 4.25. The fraction of sp³-hybridized carbons (Fsp3) is 0.857. The van der Waals surface area contributed by atoms with Gasteiger partial charge in [-0.1, -0.05) is 69.6 Å². The van der Waals surface area contributed by atoms with Crippen LogP contribution in [0, 0.1) is 0 Å². The molecule has 1 aliphatic rings. The van der Waals surface area contributed by atoms with Crippen LogP contribution in [0.3, 0.4) is 0 Å².